The number of nitrogens with zero attached hydrogens (tertiary/aromatic N) is 3. The van der Waals surface area contributed by atoms with Gasteiger partial charge in [0, 0.05) is 31.0 Å². The van der Waals surface area contributed by atoms with Crippen molar-refractivity contribution in [3.8, 4) is 0 Å². The topological polar surface area (TPSA) is 75.9 Å². The van der Waals surface area contributed by atoms with Gasteiger partial charge in [0.25, 0.3) is 11.5 Å². The van der Waals surface area contributed by atoms with Crippen LogP contribution in [0.25, 0.3) is 0 Å². The minimum absolute atomic E-state index is 0.573. The van der Waals surface area contributed by atoms with Gasteiger partial charge in [0.15, 0.2) is 0 Å². The second kappa shape index (κ2) is 8.91. The highest BCUT2D eigenvalue weighted by Crippen LogP contribution is 2.27. The second-order valence-corrected chi connectivity index (χ2v) is 6.37. The van der Waals surface area contributed by atoms with Crippen LogP contribution in [0.2, 0.25) is 0 Å². The molecule has 1 fully saturated rings. The number of rotatable bonds is 5. The van der Waals surface area contributed by atoms with Crippen molar-refractivity contribution >= 4 is 17.8 Å². The van der Waals surface area contributed by atoms with Crippen molar-refractivity contribution in [2.45, 2.75) is 12.7 Å². The van der Waals surface area contributed by atoms with Crippen molar-refractivity contribution in [1.82, 2.24) is 9.99 Å². The molecular formula is C19H19F3N4O3. The maximum absolute atomic E-state index is 12.7. The van der Waals surface area contributed by atoms with Gasteiger partial charge in [0.05, 0.1) is 25.0 Å². The maximum atomic E-state index is 12.7. The van der Waals surface area contributed by atoms with Gasteiger partial charge in [-0.05, 0) is 23.8 Å². The van der Waals surface area contributed by atoms with Gasteiger partial charge < -0.3 is 14.2 Å². The highest BCUT2D eigenvalue weighted by Gasteiger charge is 2.31. The van der Waals surface area contributed by atoms with Crippen LogP contribution in [0.15, 0.2) is 52.5 Å². The van der Waals surface area contributed by atoms with E-state index in [0.29, 0.717) is 30.0 Å². The summed E-state index contributed by atoms with van der Waals surface area (Å²) in [6, 6.07) is 8.97. The van der Waals surface area contributed by atoms with Gasteiger partial charge in [-0.2, -0.15) is 18.3 Å². The molecule has 1 N–H and O–H groups in total. The van der Waals surface area contributed by atoms with Crippen LogP contribution in [-0.4, -0.2) is 43.0 Å². The average molecular weight is 408 g/mol. The number of nitrogens with one attached hydrogen (secondary N) is 1. The van der Waals surface area contributed by atoms with E-state index in [1.165, 1.54) is 6.21 Å². The van der Waals surface area contributed by atoms with E-state index in [1.807, 2.05) is 24.3 Å². The third-order valence-corrected chi connectivity index (χ3v) is 4.30. The first-order valence-electron chi connectivity index (χ1n) is 8.85. The number of halogens is 3. The minimum Gasteiger partial charge on any atom is -0.378 e. The monoisotopic (exact) mass is 408 g/mol. The summed E-state index contributed by atoms with van der Waals surface area (Å²) in [5.41, 5.74) is 2.28. The summed E-state index contributed by atoms with van der Waals surface area (Å²) in [4.78, 5) is 25.7. The van der Waals surface area contributed by atoms with Crippen LogP contribution < -0.4 is 15.9 Å². The largest absolute Gasteiger partial charge is 0.417 e. The van der Waals surface area contributed by atoms with E-state index in [1.54, 1.807) is 0 Å². The maximum Gasteiger partial charge on any atom is 0.417 e. The molecule has 2 aromatic rings. The number of pyridine rings is 1. The first-order chi connectivity index (χ1) is 13.8. The van der Waals surface area contributed by atoms with E-state index < -0.39 is 29.8 Å². The number of anilines is 1. The van der Waals surface area contributed by atoms with E-state index in [-0.39, 0.29) is 0 Å². The number of amides is 1. The smallest absolute Gasteiger partial charge is 0.378 e. The summed E-state index contributed by atoms with van der Waals surface area (Å²) in [5.74, 6) is -0.715. The van der Waals surface area contributed by atoms with Gasteiger partial charge in [0.1, 0.15) is 6.54 Å². The van der Waals surface area contributed by atoms with Crippen LogP contribution in [0, 0.1) is 0 Å². The Balaban J connectivity index is 1.56. The van der Waals surface area contributed by atoms with E-state index in [9.17, 15) is 22.8 Å². The molecular weight excluding hydrogens is 389 g/mol. The summed E-state index contributed by atoms with van der Waals surface area (Å²) < 4.78 is 44.2. The predicted molar refractivity (Wildman–Crippen MR) is 101 cm³/mol. The van der Waals surface area contributed by atoms with Crippen molar-refractivity contribution in [2.24, 2.45) is 5.10 Å². The third-order valence-electron chi connectivity index (χ3n) is 4.30. The zero-order valence-electron chi connectivity index (χ0n) is 15.4. The Morgan fingerprint density at radius 3 is 2.48 bits per heavy atom. The van der Waals surface area contributed by atoms with Gasteiger partial charge in [-0.3, -0.25) is 9.59 Å². The molecule has 29 heavy (non-hydrogen) atoms. The lowest BCUT2D eigenvalue weighted by atomic mass is 10.2. The summed E-state index contributed by atoms with van der Waals surface area (Å²) in [6.45, 7) is 2.43. The fourth-order valence-electron chi connectivity index (χ4n) is 2.78. The molecule has 7 nitrogen and oxygen atoms in total. The molecule has 3 rings (SSSR count). The van der Waals surface area contributed by atoms with E-state index in [4.69, 9.17) is 4.74 Å². The predicted octanol–water partition coefficient (Wildman–Crippen LogP) is 1.85. The van der Waals surface area contributed by atoms with Crippen LogP contribution in [0.3, 0.4) is 0 Å². The zero-order valence-corrected chi connectivity index (χ0v) is 15.4. The van der Waals surface area contributed by atoms with E-state index in [0.717, 1.165) is 30.4 Å². The Labute approximate surface area is 164 Å². The molecule has 1 saturated heterocycles. The summed E-state index contributed by atoms with van der Waals surface area (Å²) >= 11 is 0. The lowest BCUT2D eigenvalue weighted by molar-refractivity contribution is -0.138. The standard InChI is InChI=1S/C19H19F3N4O3/c20-19(21,22)15-3-6-18(28)26(12-15)13-17(27)24-23-11-14-1-4-16(5-2-14)25-7-9-29-10-8-25/h1-6,11-12H,7-10,13H2,(H,24,27)/b23-11+. The molecule has 1 amide bonds. The molecule has 154 valence electrons. The fourth-order valence-corrected chi connectivity index (χ4v) is 2.78. The van der Waals surface area contributed by atoms with E-state index >= 15 is 0 Å². The van der Waals surface area contributed by atoms with E-state index in [2.05, 4.69) is 15.4 Å². The first kappa shape index (κ1) is 20.6. The van der Waals surface area contributed by atoms with Gasteiger partial charge in [-0.25, -0.2) is 5.43 Å². The quantitative estimate of drug-likeness (QED) is 0.605. The molecule has 0 unspecified atom stereocenters. The number of carbonyl (C=O) groups excluding carboxylic acids is 1. The number of morpholine rings is 1. The molecule has 0 spiro atoms. The molecule has 0 bridgehead atoms. The SMILES string of the molecule is O=C(Cn1cc(C(F)(F)F)ccc1=O)N/N=C/c1ccc(N2CCOCC2)cc1. The number of hydrogen-bond donors (Lipinski definition) is 1. The van der Waals surface area contributed by atoms with Gasteiger partial charge in [-0.15, -0.1) is 0 Å². The van der Waals surface area contributed by atoms with Crippen LogP contribution in [-0.2, 0) is 22.3 Å². The number of carbonyl (C=O) groups is 1. The highest BCUT2D eigenvalue weighted by atomic mass is 19.4. The van der Waals surface area contributed by atoms with Crippen molar-refractivity contribution in [2.75, 3.05) is 31.2 Å². The van der Waals surface area contributed by atoms with Gasteiger partial charge >= 0.3 is 6.18 Å². The Morgan fingerprint density at radius 2 is 1.83 bits per heavy atom. The Hall–Kier alpha value is -3.14. The summed E-state index contributed by atoms with van der Waals surface area (Å²) in [5, 5.41) is 3.78. The second-order valence-electron chi connectivity index (χ2n) is 6.37. The van der Waals surface area contributed by atoms with Crippen LogP contribution in [0.4, 0.5) is 18.9 Å². The average Bonchev–Trinajstić information content (AvgIpc) is 2.70. The van der Waals surface area contributed by atoms with Crippen LogP contribution in [0.5, 0.6) is 0 Å². The van der Waals surface area contributed by atoms with Gasteiger partial charge in [-0.1, -0.05) is 12.1 Å². The third kappa shape index (κ3) is 5.67. The highest BCUT2D eigenvalue weighted by molar-refractivity contribution is 5.82. The molecule has 0 atom stereocenters. The Bertz CT molecular complexity index is 933. The lowest BCUT2D eigenvalue weighted by Crippen LogP contribution is -2.36. The molecule has 0 aliphatic carbocycles. The number of ether oxygens (including phenoxy) is 1. The first-order valence-corrected chi connectivity index (χ1v) is 8.85. The molecule has 1 aliphatic heterocycles. The Morgan fingerprint density at radius 1 is 1.14 bits per heavy atom. The normalized spacial score (nSPS) is 14.9. The molecule has 10 heteroatoms. The van der Waals surface area contributed by atoms with Crippen molar-refractivity contribution in [1.29, 1.82) is 0 Å². The molecule has 0 saturated carbocycles. The Kier molecular flexibility index (Phi) is 6.32. The number of hydrogen-bond acceptors (Lipinski definition) is 5. The van der Waals surface area contributed by atoms with Crippen LogP contribution >= 0.6 is 0 Å². The minimum atomic E-state index is -4.60. The number of alkyl halides is 3. The number of hydrazone groups is 1. The molecule has 0 radical (unpaired) electrons. The number of benzene rings is 1. The van der Waals surface area contributed by atoms with Crippen molar-refractivity contribution < 1.29 is 22.7 Å². The van der Waals surface area contributed by atoms with Crippen LogP contribution in [0.1, 0.15) is 11.1 Å². The fraction of sp³-hybridized carbons (Fsp3) is 0.316. The lowest BCUT2D eigenvalue weighted by Gasteiger charge is -2.28. The van der Waals surface area contributed by atoms with Gasteiger partial charge in [0.2, 0.25) is 0 Å². The van der Waals surface area contributed by atoms with Crippen molar-refractivity contribution in [3.63, 3.8) is 0 Å². The zero-order chi connectivity index (χ0) is 20.9. The summed E-state index contributed by atoms with van der Waals surface area (Å²) in [7, 11) is 0. The summed E-state index contributed by atoms with van der Waals surface area (Å²) in [6.07, 6.45) is -2.58. The van der Waals surface area contributed by atoms with Crippen molar-refractivity contribution in [3.05, 3.63) is 64.1 Å². The molecule has 1 aromatic carbocycles. The molecule has 1 aromatic heterocycles. The molecule has 2 heterocycles. The number of aromatic nitrogens is 1. The molecule has 1 aliphatic rings.